The molecule has 82 valence electrons. The van der Waals surface area contributed by atoms with Crippen molar-refractivity contribution in [2.75, 3.05) is 0 Å². The highest BCUT2D eigenvalue weighted by Gasteiger charge is 2.33. The van der Waals surface area contributed by atoms with E-state index < -0.39 is 24.1 Å². The summed E-state index contributed by atoms with van der Waals surface area (Å²) >= 11 is 5.44. The predicted octanol–water partition coefficient (Wildman–Crippen LogP) is 2.39. The molecule has 0 aliphatic rings. The van der Waals surface area contributed by atoms with Crippen LogP contribution < -0.4 is 5.73 Å². The molecule has 1 aromatic rings. The topological polar surface area (TPSA) is 43.1 Å². The van der Waals surface area contributed by atoms with Crippen molar-refractivity contribution in [1.29, 1.82) is 0 Å². The lowest BCUT2D eigenvalue weighted by Crippen LogP contribution is -2.17. The maximum Gasteiger partial charge on any atom is 0.416 e. The molecule has 0 aliphatic heterocycles. The maximum absolute atomic E-state index is 12.5. The van der Waals surface area contributed by atoms with Crippen molar-refractivity contribution in [2.24, 2.45) is 5.73 Å². The van der Waals surface area contributed by atoms with Gasteiger partial charge in [-0.15, -0.1) is 0 Å². The Morgan fingerprint density at radius 1 is 1.40 bits per heavy atom. The molecule has 0 saturated heterocycles. The Morgan fingerprint density at radius 2 is 2.00 bits per heavy atom. The molecule has 1 rings (SSSR count). The number of rotatable bonds is 2. The van der Waals surface area contributed by atoms with Gasteiger partial charge in [0.05, 0.1) is 12.0 Å². The van der Waals surface area contributed by atoms with Gasteiger partial charge >= 0.3 is 6.18 Å². The molecule has 15 heavy (non-hydrogen) atoms. The number of hydrogen-bond donors (Lipinski definition) is 1. The molecule has 0 radical (unpaired) electrons. The van der Waals surface area contributed by atoms with E-state index >= 15 is 0 Å². The number of hydrogen-bond acceptors (Lipinski definition) is 1. The molecule has 0 aromatic heterocycles. The van der Waals surface area contributed by atoms with Gasteiger partial charge in [-0.25, -0.2) is 0 Å². The highest BCUT2D eigenvalue weighted by Crippen LogP contribution is 2.33. The molecule has 1 amide bonds. The van der Waals surface area contributed by atoms with Crippen LogP contribution >= 0.6 is 11.6 Å². The number of benzene rings is 1. The van der Waals surface area contributed by atoms with Crippen molar-refractivity contribution < 1.29 is 18.0 Å². The molecular formula is C9H7ClF3NO. The minimum absolute atomic E-state index is 0.0319. The molecule has 6 heteroatoms. The van der Waals surface area contributed by atoms with E-state index in [9.17, 15) is 18.0 Å². The number of alkyl halides is 3. The monoisotopic (exact) mass is 237 g/mol. The van der Waals surface area contributed by atoms with Crippen molar-refractivity contribution >= 4 is 17.5 Å². The molecule has 2 N–H and O–H groups in total. The number of amides is 1. The van der Waals surface area contributed by atoms with E-state index in [0.717, 1.165) is 12.1 Å². The van der Waals surface area contributed by atoms with Crippen LogP contribution in [0, 0.1) is 0 Å². The van der Waals surface area contributed by atoms with Crippen LogP contribution in [0.15, 0.2) is 18.2 Å². The van der Waals surface area contributed by atoms with Crippen molar-refractivity contribution in [3.05, 3.63) is 34.3 Å². The summed E-state index contributed by atoms with van der Waals surface area (Å²) in [5.41, 5.74) is 3.75. The Balaban J connectivity index is 3.20. The molecule has 0 fully saturated rings. The zero-order chi connectivity index (χ0) is 11.6. The van der Waals surface area contributed by atoms with Gasteiger partial charge in [0.2, 0.25) is 5.91 Å². The van der Waals surface area contributed by atoms with Gasteiger partial charge in [-0.1, -0.05) is 17.7 Å². The fourth-order valence-corrected chi connectivity index (χ4v) is 1.33. The number of carbonyl (C=O) groups is 1. The van der Waals surface area contributed by atoms with E-state index in [0.29, 0.717) is 0 Å². The molecule has 2 nitrogen and oxygen atoms in total. The highest BCUT2D eigenvalue weighted by atomic mass is 35.5. The predicted molar refractivity (Wildman–Crippen MR) is 49.4 cm³/mol. The zero-order valence-corrected chi connectivity index (χ0v) is 8.19. The lowest BCUT2D eigenvalue weighted by atomic mass is 10.0. The third-order valence-electron chi connectivity index (χ3n) is 1.74. The second-order valence-electron chi connectivity index (χ2n) is 2.94. The Kier molecular flexibility index (Phi) is 3.24. The zero-order valence-electron chi connectivity index (χ0n) is 7.44. The van der Waals surface area contributed by atoms with Gasteiger partial charge in [0.25, 0.3) is 0 Å². The summed E-state index contributed by atoms with van der Waals surface area (Å²) in [6, 6.07) is 3.21. The largest absolute Gasteiger partial charge is 0.416 e. The number of primary amides is 1. The number of carbonyl (C=O) groups excluding carboxylic acids is 1. The van der Waals surface area contributed by atoms with Crippen molar-refractivity contribution in [3.63, 3.8) is 0 Å². The molecule has 0 heterocycles. The summed E-state index contributed by atoms with van der Waals surface area (Å²) in [6.45, 7) is 0. The van der Waals surface area contributed by atoms with Crippen LogP contribution in [0.25, 0.3) is 0 Å². The third-order valence-corrected chi connectivity index (χ3v) is 1.98. The molecule has 0 saturated carbocycles. The van der Waals surface area contributed by atoms with Crippen LogP contribution in [-0.2, 0) is 17.4 Å². The summed E-state index contributed by atoms with van der Waals surface area (Å²) in [4.78, 5) is 10.6. The number of halogens is 4. The first-order valence-electron chi connectivity index (χ1n) is 3.94. The van der Waals surface area contributed by atoms with Crippen LogP contribution in [0.5, 0.6) is 0 Å². The summed E-state index contributed by atoms with van der Waals surface area (Å²) in [7, 11) is 0. The van der Waals surface area contributed by atoms with E-state index in [2.05, 4.69) is 0 Å². The van der Waals surface area contributed by atoms with Crippen molar-refractivity contribution in [1.82, 2.24) is 0 Å². The lowest BCUT2D eigenvalue weighted by Gasteiger charge is -2.11. The average Bonchev–Trinajstić information content (AvgIpc) is 2.05. The maximum atomic E-state index is 12.5. The lowest BCUT2D eigenvalue weighted by molar-refractivity contribution is -0.138. The number of nitrogens with two attached hydrogens (primary N) is 1. The van der Waals surface area contributed by atoms with Gasteiger partial charge in [-0.3, -0.25) is 4.79 Å². The minimum atomic E-state index is -4.53. The Bertz CT molecular complexity index is 389. The SMILES string of the molecule is NC(=O)Cc1ccc(Cl)cc1C(F)(F)F. The van der Waals surface area contributed by atoms with Gasteiger partial charge in [0, 0.05) is 5.02 Å². The fraction of sp³-hybridized carbons (Fsp3) is 0.222. The molecule has 1 aromatic carbocycles. The van der Waals surface area contributed by atoms with Gasteiger partial charge in [-0.2, -0.15) is 13.2 Å². The molecule has 0 atom stereocenters. The van der Waals surface area contributed by atoms with E-state index in [4.69, 9.17) is 17.3 Å². The molecule has 0 spiro atoms. The van der Waals surface area contributed by atoms with Crippen LogP contribution in [0.2, 0.25) is 5.02 Å². The normalized spacial score (nSPS) is 11.5. The van der Waals surface area contributed by atoms with E-state index in [1.807, 2.05) is 0 Å². The first kappa shape index (κ1) is 11.8. The quantitative estimate of drug-likeness (QED) is 0.843. The van der Waals surface area contributed by atoms with Crippen LogP contribution in [0.1, 0.15) is 11.1 Å². The van der Waals surface area contributed by atoms with Gasteiger partial charge < -0.3 is 5.73 Å². The Labute approximate surface area is 88.8 Å². The molecular weight excluding hydrogens is 231 g/mol. The second kappa shape index (κ2) is 4.10. The Hall–Kier alpha value is -1.23. The van der Waals surface area contributed by atoms with Gasteiger partial charge in [0.1, 0.15) is 0 Å². The Morgan fingerprint density at radius 3 is 2.47 bits per heavy atom. The first-order valence-corrected chi connectivity index (χ1v) is 4.32. The van der Waals surface area contributed by atoms with E-state index in [1.54, 1.807) is 0 Å². The standard InChI is InChI=1S/C9H7ClF3NO/c10-6-2-1-5(3-8(14)15)7(4-6)9(11,12)13/h1-2,4H,3H2,(H2,14,15). The summed E-state index contributed by atoms with van der Waals surface area (Å²) in [5.74, 6) is -0.817. The smallest absolute Gasteiger partial charge is 0.369 e. The van der Waals surface area contributed by atoms with Crippen molar-refractivity contribution in [2.45, 2.75) is 12.6 Å². The van der Waals surface area contributed by atoms with Crippen LogP contribution in [-0.4, -0.2) is 5.91 Å². The first-order chi connectivity index (χ1) is 6.80. The third kappa shape index (κ3) is 3.13. The summed E-state index contributed by atoms with van der Waals surface area (Å²) in [5, 5.41) is -0.0319. The van der Waals surface area contributed by atoms with Crippen LogP contribution in [0.3, 0.4) is 0 Å². The van der Waals surface area contributed by atoms with E-state index in [1.165, 1.54) is 6.07 Å². The van der Waals surface area contributed by atoms with Crippen molar-refractivity contribution in [3.8, 4) is 0 Å². The van der Waals surface area contributed by atoms with Crippen LogP contribution in [0.4, 0.5) is 13.2 Å². The molecule has 0 bridgehead atoms. The van der Waals surface area contributed by atoms with Gasteiger partial charge in [-0.05, 0) is 17.7 Å². The summed E-state index contributed by atoms with van der Waals surface area (Å²) in [6.07, 6.45) is -4.98. The minimum Gasteiger partial charge on any atom is -0.369 e. The fourth-order valence-electron chi connectivity index (χ4n) is 1.15. The second-order valence-corrected chi connectivity index (χ2v) is 3.38. The van der Waals surface area contributed by atoms with E-state index in [-0.39, 0.29) is 10.6 Å². The van der Waals surface area contributed by atoms with Gasteiger partial charge in [0.15, 0.2) is 0 Å². The molecule has 0 aliphatic carbocycles. The summed E-state index contributed by atoms with van der Waals surface area (Å²) < 4.78 is 37.4. The average molecular weight is 238 g/mol. The highest BCUT2D eigenvalue weighted by molar-refractivity contribution is 6.30. The molecule has 0 unspecified atom stereocenters.